The molecule has 4 aliphatic rings. The van der Waals surface area contributed by atoms with E-state index in [0.29, 0.717) is 0 Å². The molecule has 0 radical (unpaired) electrons. The molecule has 0 spiro atoms. The van der Waals surface area contributed by atoms with Gasteiger partial charge < -0.3 is 126 Å². The molecule has 0 saturated carbocycles. The van der Waals surface area contributed by atoms with Gasteiger partial charge in [0.1, 0.15) is 55.9 Å². The highest BCUT2D eigenvalue weighted by molar-refractivity contribution is 5.70. The number of carbonyl (C=O) groups is 10. The molecule has 0 aromatic heterocycles. The maximum atomic E-state index is 11.9. The topological polar surface area (TPSA) is 425 Å². The second-order valence-electron chi connectivity index (χ2n) is 17.2. The molecule has 31 nitrogen and oxygen atoms in total. The minimum Gasteiger partial charge on any atom is -1.00 e. The van der Waals surface area contributed by atoms with Crippen molar-refractivity contribution in [3.63, 3.8) is 0 Å². The third kappa shape index (κ3) is 20.3. The van der Waals surface area contributed by atoms with Crippen LogP contribution >= 0.6 is 0 Å². The van der Waals surface area contributed by atoms with Gasteiger partial charge in [-0.05, 0) is 6.42 Å². The van der Waals surface area contributed by atoms with Crippen LogP contribution in [-0.2, 0) is 124 Å². The molecule has 4 heterocycles. The first kappa shape index (κ1) is 68.1. The lowest BCUT2D eigenvalue weighted by atomic mass is 9.95. The van der Waals surface area contributed by atoms with Crippen LogP contribution < -0.4 is 29.7 Å². The number of aliphatic hydroxyl groups is 4. The van der Waals surface area contributed by atoms with Crippen molar-refractivity contribution in [1.29, 1.82) is 0 Å². The van der Waals surface area contributed by atoms with E-state index >= 15 is 0 Å². The molecular formula is C45H67INO30-. The molecule has 4 rings (SSSR count). The molecule has 440 valence electrons. The quantitative estimate of drug-likeness (QED) is 0.0484. The van der Waals surface area contributed by atoms with Crippen LogP contribution in [0, 0.1) is 0 Å². The molecule has 32 heteroatoms. The number of esters is 10. The van der Waals surface area contributed by atoms with Crippen LogP contribution in [-0.4, -0.2) is 223 Å². The Kier molecular flexibility index (Phi) is 27.9. The fourth-order valence-corrected chi connectivity index (χ4v) is 8.19. The molecule has 0 amide bonds. The van der Waals surface area contributed by atoms with Gasteiger partial charge in [-0.1, -0.05) is 6.92 Å². The van der Waals surface area contributed by atoms with E-state index in [1.165, 1.54) is 0 Å². The number of ether oxygens (including phenoxy) is 16. The van der Waals surface area contributed by atoms with Gasteiger partial charge in [0.15, 0.2) is 74.0 Å². The summed E-state index contributed by atoms with van der Waals surface area (Å²) in [4.78, 5) is 117. The first-order chi connectivity index (χ1) is 35.5. The van der Waals surface area contributed by atoms with Crippen molar-refractivity contribution in [3.8, 4) is 0 Å². The highest BCUT2D eigenvalue weighted by Crippen LogP contribution is 2.36. The molecule has 0 aromatic carbocycles. The average Bonchev–Trinajstić information content (AvgIpc) is 3.29. The summed E-state index contributed by atoms with van der Waals surface area (Å²) >= 11 is 0. The minimum atomic E-state index is -1.76. The van der Waals surface area contributed by atoms with E-state index in [9.17, 15) is 68.4 Å². The number of hydrogen-bond donors (Lipinski definition) is 5. The smallest absolute Gasteiger partial charge is 0.303 e. The van der Waals surface area contributed by atoms with Gasteiger partial charge in [-0.15, -0.1) is 0 Å². The lowest BCUT2D eigenvalue weighted by Crippen LogP contribution is -3.00. The first-order valence-electron chi connectivity index (χ1n) is 23.5. The SMILES string of the molecule is CC(=O)OCC1O[C@@H](O[C@@H]2C(CN)O[C@H](O)C(OC(C)=O)[C@H]2OC(C)=O)C(OC(C)=O)[C@@H](OC(C)=O)[C@@H]1O.CCC1O[C@H](O)C(OC(C)=O)[C@@H](OC(C)=O)[C@@H]1O[C@@H]1OC(COC(C)=O)[C@@H](O)[C@H](OC(C)=O)C1OC(C)=O.[I-]. The lowest BCUT2D eigenvalue weighted by molar-refractivity contribution is -0.355. The standard InChI is InChI=1S/C23H34O15.C22H33NO15.HI/c1-7-14-17(19(33-11(4)26)20(22(30)36-14)34-12(5)27)38-23-21(35-13(6)28)18(32-10(3)25)16(29)15(37-23)8-31-9(2)24;1-8(24)31-7-14-15(29)17(32-9(2)25)20(35-12(5)28)22(37-14)38-16-13(6-23)36-21(30)19(34-11(4)27)18(16)33-10(3)26;/h14-23,29-30H,7-8H2,1-6H3;13-22,29-30H,6-7,23H2,1-5H3;1H/p-1/t14?,15?,16-,17-,18+,19+,20?,21?,22+,23+;13?,14?,15-,16-,17+,18+,19?,20?,21+,22+;/m11./s1. The van der Waals surface area contributed by atoms with Gasteiger partial charge >= 0.3 is 59.7 Å². The molecule has 0 bridgehead atoms. The van der Waals surface area contributed by atoms with Crippen molar-refractivity contribution < 1.29 is 168 Å². The van der Waals surface area contributed by atoms with E-state index in [4.69, 9.17) is 81.5 Å². The van der Waals surface area contributed by atoms with Gasteiger partial charge in [0, 0.05) is 75.8 Å². The van der Waals surface area contributed by atoms with Crippen LogP contribution in [0.4, 0.5) is 0 Å². The number of halogens is 1. The number of hydrogen-bond acceptors (Lipinski definition) is 31. The van der Waals surface area contributed by atoms with Gasteiger partial charge in [-0.2, -0.15) is 0 Å². The zero-order valence-corrected chi connectivity index (χ0v) is 45.9. The molecule has 0 aliphatic carbocycles. The van der Waals surface area contributed by atoms with E-state index < -0.39 is 196 Å². The van der Waals surface area contributed by atoms with E-state index in [-0.39, 0.29) is 36.9 Å². The predicted molar refractivity (Wildman–Crippen MR) is 238 cm³/mol. The highest BCUT2D eigenvalue weighted by Gasteiger charge is 2.58. The van der Waals surface area contributed by atoms with E-state index in [1.807, 2.05) is 0 Å². The monoisotopic (exact) mass is 1230 g/mol. The Bertz CT molecular complexity index is 1900. The summed E-state index contributed by atoms with van der Waals surface area (Å²) in [7, 11) is 0. The molecule has 4 fully saturated rings. The Balaban J connectivity index is 0.000000520. The van der Waals surface area contributed by atoms with Gasteiger partial charge in [0.2, 0.25) is 0 Å². The average molecular weight is 1230 g/mol. The van der Waals surface area contributed by atoms with Crippen molar-refractivity contribution in [2.75, 3.05) is 19.8 Å². The largest absolute Gasteiger partial charge is 1.00 e. The Hall–Kier alpha value is -5.01. The first-order valence-corrected chi connectivity index (χ1v) is 23.5. The van der Waals surface area contributed by atoms with Crippen LogP contribution in [0.1, 0.15) is 82.6 Å². The molecular weight excluding hydrogens is 1160 g/mol. The predicted octanol–water partition coefficient (Wildman–Crippen LogP) is -6.70. The summed E-state index contributed by atoms with van der Waals surface area (Å²) in [5.41, 5.74) is 5.78. The van der Waals surface area contributed by atoms with E-state index in [0.717, 1.165) is 69.2 Å². The Morgan fingerprint density at radius 3 is 0.922 bits per heavy atom. The Morgan fingerprint density at radius 2 is 0.636 bits per heavy atom. The van der Waals surface area contributed by atoms with E-state index in [1.54, 1.807) is 6.92 Å². The van der Waals surface area contributed by atoms with Crippen molar-refractivity contribution >= 4 is 59.7 Å². The van der Waals surface area contributed by atoms with Gasteiger partial charge in [-0.3, -0.25) is 47.9 Å². The van der Waals surface area contributed by atoms with Gasteiger partial charge in [0.05, 0.1) is 6.10 Å². The van der Waals surface area contributed by atoms with Crippen LogP contribution in [0.25, 0.3) is 0 Å². The fraction of sp³-hybridized carbons (Fsp3) is 0.778. The molecule has 20 atom stereocenters. The van der Waals surface area contributed by atoms with Crippen molar-refractivity contribution in [1.82, 2.24) is 0 Å². The number of carbonyl (C=O) groups excluding carboxylic acids is 10. The lowest BCUT2D eigenvalue weighted by Gasteiger charge is -2.47. The van der Waals surface area contributed by atoms with E-state index in [2.05, 4.69) is 0 Å². The molecule has 6 N–H and O–H groups in total. The maximum Gasteiger partial charge on any atom is 0.303 e. The molecule has 4 saturated heterocycles. The fourth-order valence-electron chi connectivity index (χ4n) is 8.19. The molecule has 0 aromatic rings. The zero-order chi connectivity index (χ0) is 57.5. The Labute approximate surface area is 457 Å². The molecule has 4 aliphatic heterocycles. The maximum absolute atomic E-state index is 11.9. The highest BCUT2D eigenvalue weighted by atomic mass is 127. The second kappa shape index (κ2) is 31.5. The summed E-state index contributed by atoms with van der Waals surface area (Å²) in [6.45, 7) is 11.1. The van der Waals surface area contributed by atoms with Crippen molar-refractivity contribution in [3.05, 3.63) is 0 Å². The summed E-state index contributed by atoms with van der Waals surface area (Å²) in [6, 6.07) is 0. The normalized spacial score (nSPS) is 34.5. The van der Waals surface area contributed by atoms with Crippen LogP contribution in [0.5, 0.6) is 0 Å². The summed E-state index contributed by atoms with van der Waals surface area (Å²) in [5.74, 6) is -8.08. The number of aliphatic hydroxyl groups excluding tert-OH is 4. The Morgan fingerprint density at radius 1 is 0.364 bits per heavy atom. The zero-order valence-electron chi connectivity index (χ0n) is 43.7. The minimum absolute atomic E-state index is 0. The summed E-state index contributed by atoms with van der Waals surface area (Å²) in [6.07, 6.45) is -29.5. The van der Waals surface area contributed by atoms with Crippen molar-refractivity contribution in [2.45, 2.75) is 205 Å². The van der Waals surface area contributed by atoms with Crippen LogP contribution in [0.2, 0.25) is 0 Å². The third-order valence-corrected chi connectivity index (χ3v) is 11.0. The third-order valence-electron chi connectivity index (χ3n) is 11.0. The molecule has 8 unspecified atom stereocenters. The van der Waals surface area contributed by atoms with Gasteiger partial charge in [-0.25, -0.2) is 0 Å². The van der Waals surface area contributed by atoms with Crippen molar-refractivity contribution in [2.24, 2.45) is 5.73 Å². The van der Waals surface area contributed by atoms with Crippen LogP contribution in [0.3, 0.4) is 0 Å². The summed E-state index contributed by atoms with van der Waals surface area (Å²) in [5, 5.41) is 42.5. The molecule has 77 heavy (non-hydrogen) atoms. The number of nitrogens with two attached hydrogens (primary N) is 1. The van der Waals surface area contributed by atoms with Crippen LogP contribution in [0.15, 0.2) is 0 Å². The summed E-state index contributed by atoms with van der Waals surface area (Å²) < 4.78 is 86.2. The van der Waals surface area contributed by atoms with Gasteiger partial charge in [0.25, 0.3) is 0 Å². The number of rotatable bonds is 18. The second-order valence-corrected chi connectivity index (χ2v) is 17.2.